The minimum Gasteiger partial charge on any atom is -0.206 e. The highest BCUT2D eigenvalue weighted by atomic mass is 19.1. The van der Waals surface area contributed by atoms with E-state index >= 15 is 4.39 Å². The molecule has 1 heteroatoms. The van der Waals surface area contributed by atoms with Gasteiger partial charge in [-0.15, -0.1) is 0 Å². The van der Waals surface area contributed by atoms with Gasteiger partial charge >= 0.3 is 0 Å². The fourth-order valence-corrected chi connectivity index (χ4v) is 4.70. The first kappa shape index (κ1) is 26.4. The number of hydrogen-bond donors (Lipinski definition) is 0. The van der Waals surface area contributed by atoms with Crippen molar-refractivity contribution in [2.24, 2.45) is 0 Å². The first-order chi connectivity index (χ1) is 18.2. The van der Waals surface area contributed by atoms with Gasteiger partial charge in [0.15, 0.2) is 0 Å². The van der Waals surface area contributed by atoms with E-state index in [0.717, 1.165) is 47.8 Å². The van der Waals surface area contributed by atoms with Gasteiger partial charge in [-0.2, -0.15) is 0 Å². The predicted octanol–water partition coefficient (Wildman–Crippen LogP) is 10.1. The van der Waals surface area contributed by atoms with Crippen molar-refractivity contribution >= 4 is 10.8 Å². The normalized spacial score (nSPS) is 11.1. The van der Waals surface area contributed by atoms with E-state index < -0.39 is 0 Å². The van der Waals surface area contributed by atoms with Crippen molar-refractivity contribution in [2.45, 2.75) is 65.2 Å². The lowest BCUT2D eigenvalue weighted by Gasteiger charge is -2.07. The van der Waals surface area contributed by atoms with E-state index in [1.807, 2.05) is 30.3 Å². The third kappa shape index (κ3) is 7.43. The molecule has 188 valence electrons. The fourth-order valence-electron chi connectivity index (χ4n) is 4.70. The van der Waals surface area contributed by atoms with Crippen molar-refractivity contribution < 1.29 is 4.39 Å². The molecule has 0 amide bonds. The van der Waals surface area contributed by atoms with Gasteiger partial charge in [0.25, 0.3) is 0 Å². The van der Waals surface area contributed by atoms with Crippen LogP contribution >= 0.6 is 0 Å². The largest absolute Gasteiger partial charge is 0.206 e. The first-order valence-corrected chi connectivity index (χ1v) is 13.7. The Kier molecular flexibility index (Phi) is 9.73. The molecule has 0 spiro atoms. The zero-order valence-corrected chi connectivity index (χ0v) is 22.2. The predicted molar refractivity (Wildman–Crippen MR) is 157 cm³/mol. The van der Waals surface area contributed by atoms with E-state index in [1.165, 1.54) is 42.4 Å². The van der Waals surface area contributed by atoms with Crippen LogP contribution in [0.1, 0.15) is 74.6 Å². The van der Waals surface area contributed by atoms with Gasteiger partial charge in [-0.25, -0.2) is 4.39 Å². The molecule has 37 heavy (non-hydrogen) atoms. The fraction of sp³-hybridized carbons (Fsp3) is 0.278. The Morgan fingerprint density at radius 1 is 0.703 bits per heavy atom. The maximum atomic E-state index is 15.1. The molecule has 0 N–H and O–H groups in total. The van der Waals surface area contributed by atoms with Gasteiger partial charge in [-0.3, -0.25) is 0 Å². The maximum absolute atomic E-state index is 15.1. The van der Waals surface area contributed by atoms with E-state index in [4.69, 9.17) is 0 Å². The molecule has 0 radical (unpaired) electrons. The lowest BCUT2D eigenvalue weighted by molar-refractivity contribution is 0.595. The molecule has 0 fully saturated rings. The van der Waals surface area contributed by atoms with Crippen molar-refractivity contribution in [3.05, 3.63) is 119 Å². The summed E-state index contributed by atoms with van der Waals surface area (Å²) in [5.74, 6) is 6.44. The summed E-state index contributed by atoms with van der Waals surface area (Å²) in [7, 11) is 0. The second kappa shape index (κ2) is 13.6. The lowest BCUT2D eigenvalue weighted by Crippen LogP contribution is -1.93. The maximum Gasteiger partial charge on any atom is 0.134 e. The van der Waals surface area contributed by atoms with Crippen LogP contribution in [0.4, 0.5) is 4.39 Å². The Balaban J connectivity index is 1.41. The SMILES string of the molecule is C/C=C/CCc1ccc(-c2ccc(C#Cc3ccc4c(F)c(CCCCCCC)ccc4c3)cc2)cc1. The second-order valence-corrected chi connectivity index (χ2v) is 9.77. The Labute approximate surface area is 222 Å². The summed E-state index contributed by atoms with van der Waals surface area (Å²) >= 11 is 0. The zero-order chi connectivity index (χ0) is 25.9. The summed E-state index contributed by atoms with van der Waals surface area (Å²) in [6.07, 6.45) is 13.2. The summed E-state index contributed by atoms with van der Waals surface area (Å²) in [6.45, 7) is 4.28. The highest BCUT2D eigenvalue weighted by Gasteiger charge is 2.08. The molecule has 0 saturated carbocycles. The number of aryl methyl sites for hydroxylation is 2. The van der Waals surface area contributed by atoms with Crippen LogP contribution in [-0.4, -0.2) is 0 Å². The van der Waals surface area contributed by atoms with E-state index in [1.54, 1.807) is 0 Å². The standard InChI is InChI=1S/C36H37F/c1-3-5-7-8-10-12-33-24-25-34-27-30(19-26-35(34)36(33)37)14-13-29-17-22-32(23-18-29)31-20-15-28(16-21-31)11-9-6-4-2/h4,6,15-27H,3,5,7-12H2,1-2H3/b6-4+. The summed E-state index contributed by atoms with van der Waals surface area (Å²) in [4.78, 5) is 0. The van der Waals surface area contributed by atoms with E-state index in [9.17, 15) is 0 Å². The van der Waals surface area contributed by atoms with E-state index in [2.05, 4.69) is 86.4 Å². The Morgan fingerprint density at radius 2 is 1.38 bits per heavy atom. The molecule has 0 heterocycles. The molecule has 4 aromatic rings. The minimum atomic E-state index is -0.0751. The average Bonchev–Trinajstić information content (AvgIpc) is 2.94. The molecule has 0 bridgehead atoms. The number of halogens is 1. The number of allylic oxidation sites excluding steroid dienone is 2. The van der Waals surface area contributed by atoms with Gasteiger partial charge in [-0.1, -0.05) is 111 Å². The van der Waals surface area contributed by atoms with E-state index in [-0.39, 0.29) is 5.82 Å². The molecule has 0 aromatic heterocycles. The number of unbranched alkanes of at least 4 members (excludes halogenated alkanes) is 4. The van der Waals surface area contributed by atoms with Crippen molar-refractivity contribution in [1.29, 1.82) is 0 Å². The van der Waals surface area contributed by atoms with Crippen LogP contribution in [-0.2, 0) is 12.8 Å². The summed E-state index contributed by atoms with van der Waals surface area (Å²) in [5, 5.41) is 1.59. The average molecular weight is 489 g/mol. The van der Waals surface area contributed by atoms with Crippen molar-refractivity contribution in [3.63, 3.8) is 0 Å². The Morgan fingerprint density at radius 3 is 2.11 bits per heavy atom. The summed E-state index contributed by atoms with van der Waals surface area (Å²) < 4.78 is 15.1. The summed E-state index contributed by atoms with van der Waals surface area (Å²) in [6, 6.07) is 27.0. The van der Waals surface area contributed by atoms with Crippen molar-refractivity contribution in [1.82, 2.24) is 0 Å². The van der Waals surface area contributed by atoms with Gasteiger partial charge in [0.1, 0.15) is 5.82 Å². The van der Waals surface area contributed by atoms with Gasteiger partial charge < -0.3 is 0 Å². The molecule has 0 atom stereocenters. The van der Waals surface area contributed by atoms with Crippen LogP contribution in [0.2, 0.25) is 0 Å². The smallest absolute Gasteiger partial charge is 0.134 e. The lowest BCUT2D eigenvalue weighted by atomic mass is 9.99. The third-order valence-corrected chi connectivity index (χ3v) is 6.94. The van der Waals surface area contributed by atoms with Crippen LogP contribution < -0.4 is 0 Å². The van der Waals surface area contributed by atoms with Crippen LogP contribution in [0.5, 0.6) is 0 Å². The van der Waals surface area contributed by atoms with Crippen molar-refractivity contribution in [3.8, 4) is 23.0 Å². The number of benzene rings is 4. The molecule has 0 aliphatic rings. The van der Waals surface area contributed by atoms with Gasteiger partial charge in [0.2, 0.25) is 0 Å². The topological polar surface area (TPSA) is 0 Å². The highest BCUT2D eigenvalue weighted by Crippen LogP contribution is 2.24. The molecular formula is C36H37F. The van der Waals surface area contributed by atoms with Crippen LogP contribution in [0.3, 0.4) is 0 Å². The molecular weight excluding hydrogens is 451 g/mol. The third-order valence-electron chi connectivity index (χ3n) is 6.94. The molecule has 0 aliphatic heterocycles. The van der Waals surface area contributed by atoms with Crippen LogP contribution in [0.25, 0.3) is 21.9 Å². The van der Waals surface area contributed by atoms with Gasteiger partial charge in [-0.05, 0) is 84.5 Å². The van der Waals surface area contributed by atoms with Crippen LogP contribution in [0.15, 0.2) is 91.0 Å². The molecule has 0 nitrogen and oxygen atoms in total. The molecule has 0 aliphatic carbocycles. The van der Waals surface area contributed by atoms with E-state index in [0.29, 0.717) is 5.39 Å². The number of fused-ring (bicyclic) bond motifs is 1. The molecule has 4 rings (SSSR count). The molecule has 0 saturated heterocycles. The quantitative estimate of drug-likeness (QED) is 0.118. The molecule has 0 unspecified atom stereocenters. The monoisotopic (exact) mass is 488 g/mol. The zero-order valence-electron chi connectivity index (χ0n) is 22.2. The van der Waals surface area contributed by atoms with Crippen molar-refractivity contribution in [2.75, 3.05) is 0 Å². The number of rotatable bonds is 10. The second-order valence-electron chi connectivity index (χ2n) is 9.77. The first-order valence-electron chi connectivity index (χ1n) is 13.7. The highest BCUT2D eigenvalue weighted by molar-refractivity contribution is 5.85. The Bertz CT molecular complexity index is 1380. The van der Waals surface area contributed by atoms with Crippen LogP contribution in [0, 0.1) is 17.7 Å². The minimum absolute atomic E-state index is 0.0751. The van der Waals surface area contributed by atoms with Gasteiger partial charge in [0.05, 0.1) is 0 Å². The number of hydrogen-bond acceptors (Lipinski definition) is 0. The Hall–Kier alpha value is -3.63. The molecule has 4 aromatic carbocycles. The van der Waals surface area contributed by atoms with Gasteiger partial charge in [0, 0.05) is 16.5 Å². The summed E-state index contributed by atoms with van der Waals surface area (Å²) in [5.41, 5.74) is 6.46.